The van der Waals surface area contributed by atoms with Crippen molar-refractivity contribution in [3.63, 3.8) is 0 Å². The summed E-state index contributed by atoms with van der Waals surface area (Å²) in [4.78, 5) is 16.7. The number of nitrogens with two attached hydrogens (primary N) is 1. The summed E-state index contributed by atoms with van der Waals surface area (Å²) in [6.45, 7) is 1.78. The molecule has 0 aliphatic heterocycles. The Bertz CT molecular complexity index is 1060. The molecule has 26 heavy (non-hydrogen) atoms. The number of fused-ring (bicyclic) bond motifs is 1. The van der Waals surface area contributed by atoms with E-state index in [2.05, 4.69) is 4.98 Å². The molecule has 0 saturated heterocycles. The molecule has 0 unspecified atom stereocenters. The number of hydrogen-bond acceptors (Lipinski definition) is 4. The number of benzene rings is 2. The normalized spacial score (nSPS) is 10.4. The molecule has 0 saturated carbocycles. The summed E-state index contributed by atoms with van der Waals surface area (Å²) in [5, 5.41) is 1.36. The van der Waals surface area contributed by atoms with Crippen LogP contribution >= 0.6 is 34.5 Å². The van der Waals surface area contributed by atoms with Crippen molar-refractivity contribution < 1.29 is 9.21 Å². The number of thiophene rings is 1. The van der Waals surface area contributed by atoms with Crippen LogP contribution in [0.15, 0.2) is 59.0 Å². The number of carbonyl (C=O) groups excluding carboxylic acids is 1. The fourth-order valence-electron chi connectivity index (χ4n) is 2.28. The van der Waals surface area contributed by atoms with E-state index in [4.69, 9.17) is 33.4 Å². The Labute approximate surface area is 164 Å². The average Bonchev–Trinajstić information content (AvgIpc) is 3.21. The molecule has 0 spiro atoms. The van der Waals surface area contributed by atoms with Gasteiger partial charge in [-0.1, -0.05) is 41.4 Å². The van der Waals surface area contributed by atoms with Crippen LogP contribution in [0.5, 0.6) is 0 Å². The van der Waals surface area contributed by atoms with E-state index >= 15 is 0 Å². The van der Waals surface area contributed by atoms with Gasteiger partial charge in [0, 0.05) is 22.4 Å². The molecular formula is C19H14Cl2N2O2S. The topological polar surface area (TPSA) is 69.1 Å². The first kappa shape index (κ1) is 18.5. The molecule has 0 radical (unpaired) electrons. The fraction of sp³-hybridized carbons (Fsp3) is 0.0526. The maximum atomic E-state index is 11.1. The molecule has 4 nitrogen and oxygen atoms in total. The van der Waals surface area contributed by atoms with Gasteiger partial charge in [0.2, 0.25) is 0 Å². The zero-order chi connectivity index (χ0) is 18.7. The van der Waals surface area contributed by atoms with Gasteiger partial charge in [0.05, 0.1) is 9.90 Å². The number of carbonyl (C=O) groups is 1. The SMILES string of the molecule is Cc1nc2cc(Cl)c(-c3ccc(C(N)=O)s3)cc2o1.Clc1ccccc1. The van der Waals surface area contributed by atoms with E-state index in [9.17, 15) is 4.79 Å². The van der Waals surface area contributed by atoms with Gasteiger partial charge in [-0.25, -0.2) is 4.98 Å². The van der Waals surface area contributed by atoms with Crippen molar-refractivity contribution in [3.8, 4) is 10.4 Å². The van der Waals surface area contributed by atoms with Gasteiger partial charge in [-0.3, -0.25) is 4.79 Å². The molecule has 7 heteroatoms. The molecule has 0 fully saturated rings. The molecule has 4 rings (SSSR count). The van der Waals surface area contributed by atoms with Gasteiger partial charge in [0.25, 0.3) is 5.91 Å². The number of hydrogen-bond donors (Lipinski definition) is 1. The molecule has 2 heterocycles. The molecular weight excluding hydrogens is 391 g/mol. The number of primary amides is 1. The van der Waals surface area contributed by atoms with E-state index in [-0.39, 0.29) is 0 Å². The number of oxazole rings is 1. The number of halogens is 2. The summed E-state index contributed by atoms with van der Waals surface area (Å²) in [6, 6.07) is 16.5. The van der Waals surface area contributed by atoms with E-state index in [1.807, 2.05) is 42.5 Å². The highest BCUT2D eigenvalue weighted by atomic mass is 35.5. The van der Waals surface area contributed by atoms with Gasteiger partial charge in [-0.15, -0.1) is 11.3 Å². The Kier molecular flexibility index (Phi) is 5.61. The maximum Gasteiger partial charge on any atom is 0.258 e. The van der Waals surface area contributed by atoms with Crippen molar-refractivity contribution in [2.24, 2.45) is 5.73 Å². The number of amides is 1. The lowest BCUT2D eigenvalue weighted by Crippen LogP contribution is -2.07. The summed E-state index contributed by atoms with van der Waals surface area (Å²) in [7, 11) is 0. The van der Waals surface area contributed by atoms with E-state index in [1.165, 1.54) is 11.3 Å². The molecule has 0 atom stereocenters. The predicted molar refractivity (Wildman–Crippen MR) is 107 cm³/mol. The molecule has 1 amide bonds. The Morgan fingerprint density at radius 2 is 1.85 bits per heavy atom. The maximum absolute atomic E-state index is 11.1. The third-order valence-electron chi connectivity index (χ3n) is 3.43. The fourth-order valence-corrected chi connectivity index (χ4v) is 3.63. The standard InChI is InChI=1S/C13H9ClN2O2S.C6H5Cl/c1-6-16-9-5-8(14)7(4-10(9)18-6)11-2-3-12(19-11)13(15)17;7-6-4-2-1-3-5-6/h2-5H,1H3,(H2,15,17);1-5H. The summed E-state index contributed by atoms with van der Waals surface area (Å²) < 4.78 is 5.48. The van der Waals surface area contributed by atoms with Gasteiger partial charge in [-0.2, -0.15) is 0 Å². The summed E-state index contributed by atoms with van der Waals surface area (Å²) in [5.74, 6) is 0.149. The van der Waals surface area contributed by atoms with Crippen molar-refractivity contribution in [2.45, 2.75) is 6.92 Å². The van der Waals surface area contributed by atoms with Crippen molar-refractivity contribution in [2.75, 3.05) is 0 Å². The highest BCUT2D eigenvalue weighted by molar-refractivity contribution is 7.17. The molecule has 2 N–H and O–H groups in total. The minimum absolute atomic E-state index is 0.441. The quantitative estimate of drug-likeness (QED) is 0.448. The van der Waals surface area contributed by atoms with Crippen LogP contribution in [-0.2, 0) is 0 Å². The largest absolute Gasteiger partial charge is 0.441 e. The first-order valence-corrected chi connectivity index (χ1v) is 9.18. The molecule has 0 aliphatic rings. The van der Waals surface area contributed by atoms with Crippen molar-refractivity contribution in [1.29, 1.82) is 0 Å². The Balaban J connectivity index is 0.000000236. The summed E-state index contributed by atoms with van der Waals surface area (Å²) in [5.41, 5.74) is 7.45. The second kappa shape index (κ2) is 7.91. The van der Waals surface area contributed by atoms with Gasteiger partial charge in [0.15, 0.2) is 11.5 Å². The minimum Gasteiger partial charge on any atom is -0.441 e. The van der Waals surface area contributed by atoms with Gasteiger partial charge in [-0.05, 0) is 36.4 Å². The smallest absolute Gasteiger partial charge is 0.258 e. The molecule has 0 aliphatic carbocycles. The third kappa shape index (κ3) is 4.25. The Hall–Kier alpha value is -2.34. The van der Waals surface area contributed by atoms with Crippen LogP contribution in [0.4, 0.5) is 0 Å². The van der Waals surface area contributed by atoms with Crippen molar-refractivity contribution >= 4 is 51.5 Å². The Morgan fingerprint density at radius 3 is 2.42 bits per heavy atom. The van der Waals surface area contributed by atoms with Crippen LogP contribution in [0.1, 0.15) is 15.6 Å². The van der Waals surface area contributed by atoms with Crippen LogP contribution in [0.3, 0.4) is 0 Å². The monoisotopic (exact) mass is 404 g/mol. The van der Waals surface area contributed by atoms with Crippen LogP contribution < -0.4 is 5.73 Å². The lowest BCUT2D eigenvalue weighted by atomic mass is 10.1. The molecule has 2 aromatic heterocycles. The highest BCUT2D eigenvalue weighted by Crippen LogP contribution is 2.36. The number of rotatable bonds is 2. The second-order valence-corrected chi connectivity index (χ2v) is 7.28. The second-order valence-electron chi connectivity index (χ2n) is 5.36. The van der Waals surface area contributed by atoms with Crippen molar-refractivity contribution in [3.05, 3.63) is 75.4 Å². The highest BCUT2D eigenvalue weighted by Gasteiger charge is 2.13. The molecule has 0 bridgehead atoms. The van der Waals surface area contributed by atoms with Crippen molar-refractivity contribution in [1.82, 2.24) is 4.98 Å². The first-order valence-electron chi connectivity index (χ1n) is 7.61. The number of nitrogens with zero attached hydrogens (tertiary/aromatic N) is 1. The first-order chi connectivity index (χ1) is 12.4. The van der Waals surface area contributed by atoms with E-state index in [1.54, 1.807) is 19.1 Å². The van der Waals surface area contributed by atoms with Gasteiger partial charge >= 0.3 is 0 Å². The summed E-state index contributed by atoms with van der Waals surface area (Å²) in [6.07, 6.45) is 0. The Morgan fingerprint density at radius 1 is 1.12 bits per heavy atom. The van der Waals surface area contributed by atoms with E-state index in [0.717, 1.165) is 21.0 Å². The van der Waals surface area contributed by atoms with Crippen LogP contribution in [0.2, 0.25) is 10.0 Å². The predicted octanol–water partition coefficient (Wildman–Crippen LogP) is 5.96. The lowest BCUT2D eigenvalue weighted by molar-refractivity contribution is 0.100. The van der Waals surface area contributed by atoms with Crippen LogP contribution in [-0.4, -0.2) is 10.9 Å². The summed E-state index contributed by atoms with van der Waals surface area (Å²) >= 11 is 13.1. The lowest BCUT2D eigenvalue weighted by Gasteiger charge is -2.00. The molecule has 2 aromatic carbocycles. The number of aromatic nitrogens is 1. The van der Waals surface area contributed by atoms with E-state index in [0.29, 0.717) is 21.4 Å². The van der Waals surface area contributed by atoms with Crippen LogP contribution in [0, 0.1) is 6.92 Å². The zero-order valence-electron chi connectivity index (χ0n) is 13.7. The van der Waals surface area contributed by atoms with Gasteiger partial charge in [0.1, 0.15) is 5.52 Å². The minimum atomic E-state index is -0.441. The average molecular weight is 405 g/mol. The third-order valence-corrected chi connectivity index (χ3v) is 5.13. The van der Waals surface area contributed by atoms with E-state index < -0.39 is 5.91 Å². The molecule has 4 aromatic rings. The van der Waals surface area contributed by atoms with Crippen LogP contribution in [0.25, 0.3) is 21.5 Å². The zero-order valence-corrected chi connectivity index (χ0v) is 16.0. The van der Waals surface area contributed by atoms with Gasteiger partial charge < -0.3 is 10.2 Å². The number of aryl methyl sites for hydroxylation is 1. The molecule has 132 valence electrons.